The standard InChI is InChI=1S/C14H28N2O/c1-2-16(13-6-3-4-7-13)10-9-15-12-14-8-5-11-17-14/h13-15H,2-12H2,1H3. The van der Waals surface area contributed by atoms with Crippen molar-refractivity contribution in [2.24, 2.45) is 0 Å². The zero-order valence-corrected chi connectivity index (χ0v) is 11.3. The van der Waals surface area contributed by atoms with E-state index in [1.807, 2.05) is 0 Å². The molecular weight excluding hydrogens is 212 g/mol. The summed E-state index contributed by atoms with van der Waals surface area (Å²) in [6, 6.07) is 0.865. The zero-order valence-electron chi connectivity index (χ0n) is 11.3. The van der Waals surface area contributed by atoms with Crippen molar-refractivity contribution in [3.05, 3.63) is 0 Å². The highest BCUT2D eigenvalue weighted by atomic mass is 16.5. The van der Waals surface area contributed by atoms with Crippen molar-refractivity contribution in [1.29, 1.82) is 0 Å². The lowest BCUT2D eigenvalue weighted by Crippen LogP contribution is -2.39. The molecule has 0 spiro atoms. The van der Waals surface area contributed by atoms with Crippen molar-refractivity contribution in [3.63, 3.8) is 0 Å². The molecule has 1 saturated carbocycles. The molecule has 1 unspecified atom stereocenters. The van der Waals surface area contributed by atoms with Gasteiger partial charge in [-0.25, -0.2) is 0 Å². The monoisotopic (exact) mass is 240 g/mol. The maximum atomic E-state index is 5.61. The minimum Gasteiger partial charge on any atom is -0.377 e. The van der Waals surface area contributed by atoms with E-state index in [1.165, 1.54) is 51.6 Å². The molecule has 100 valence electrons. The fraction of sp³-hybridized carbons (Fsp3) is 1.00. The van der Waals surface area contributed by atoms with E-state index in [9.17, 15) is 0 Å². The van der Waals surface area contributed by atoms with E-state index in [0.29, 0.717) is 6.10 Å². The Kier molecular flexibility index (Phi) is 5.75. The molecule has 3 nitrogen and oxygen atoms in total. The molecule has 1 N–H and O–H groups in total. The van der Waals surface area contributed by atoms with Gasteiger partial charge >= 0.3 is 0 Å². The summed E-state index contributed by atoms with van der Waals surface area (Å²) in [6.45, 7) is 7.82. The fourth-order valence-corrected chi connectivity index (χ4v) is 3.16. The van der Waals surface area contributed by atoms with E-state index in [4.69, 9.17) is 4.74 Å². The van der Waals surface area contributed by atoms with E-state index in [2.05, 4.69) is 17.1 Å². The van der Waals surface area contributed by atoms with E-state index >= 15 is 0 Å². The molecule has 1 aliphatic heterocycles. The van der Waals surface area contributed by atoms with Crippen molar-refractivity contribution >= 4 is 0 Å². The summed E-state index contributed by atoms with van der Waals surface area (Å²) >= 11 is 0. The lowest BCUT2D eigenvalue weighted by atomic mass is 10.2. The highest BCUT2D eigenvalue weighted by Crippen LogP contribution is 2.22. The molecule has 1 heterocycles. The second-order valence-electron chi connectivity index (χ2n) is 5.41. The van der Waals surface area contributed by atoms with E-state index in [-0.39, 0.29) is 0 Å². The molecule has 1 aliphatic carbocycles. The molecular formula is C14H28N2O. The van der Waals surface area contributed by atoms with Gasteiger partial charge in [-0.1, -0.05) is 19.8 Å². The van der Waals surface area contributed by atoms with Crippen LogP contribution in [0.4, 0.5) is 0 Å². The minimum atomic E-state index is 0.483. The Morgan fingerprint density at radius 1 is 1.18 bits per heavy atom. The van der Waals surface area contributed by atoms with E-state index in [0.717, 1.165) is 25.7 Å². The minimum absolute atomic E-state index is 0.483. The molecule has 0 aromatic rings. The van der Waals surface area contributed by atoms with Crippen LogP contribution in [0.15, 0.2) is 0 Å². The van der Waals surface area contributed by atoms with Crippen LogP contribution in [-0.2, 0) is 4.74 Å². The first-order chi connectivity index (χ1) is 8.40. The molecule has 1 saturated heterocycles. The lowest BCUT2D eigenvalue weighted by molar-refractivity contribution is 0.108. The molecule has 0 aromatic carbocycles. The maximum Gasteiger partial charge on any atom is 0.0700 e. The maximum absolute atomic E-state index is 5.61. The van der Waals surface area contributed by atoms with Gasteiger partial charge in [-0.15, -0.1) is 0 Å². The van der Waals surface area contributed by atoms with Gasteiger partial charge in [0, 0.05) is 32.3 Å². The third kappa shape index (κ3) is 4.23. The van der Waals surface area contributed by atoms with Gasteiger partial charge in [0.2, 0.25) is 0 Å². The Morgan fingerprint density at radius 3 is 2.65 bits per heavy atom. The molecule has 2 aliphatic rings. The lowest BCUT2D eigenvalue weighted by Gasteiger charge is -2.27. The molecule has 17 heavy (non-hydrogen) atoms. The van der Waals surface area contributed by atoms with Gasteiger partial charge in [0.15, 0.2) is 0 Å². The van der Waals surface area contributed by atoms with Crippen LogP contribution in [0.3, 0.4) is 0 Å². The molecule has 1 atom stereocenters. The quantitative estimate of drug-likeness (QED) is 0.689. The predicted octanol–water partition coefficient (Wildman–Crippen LogP) is 2.02. The summed E-state index contributed by atoms with van der Waals surface area (Å²) < 4.78 is 5.61. The van der Waals surface area contributed by atoms with E-state index in [1.54, 1.807) is 0 Å². The SMILES string of the molecule is CCN(CCNCC1CCCO1)C1CCCC1. The van der Waals surface area contributed by atoms with Gasteiger partial charge in [-0.05, 0) is 32.2 Å². The van der Waals surface area contributed by atoms with Gasteiger partial charge in [0.25, 0.3) is 0 Å². The molecule has 0 bridgehead atoms. The highest BCUT2D eigenvalue weighted by Gasteiger charge is 2.21. The Morgan fingerprint density at radius 2 is 2.00 bits per heavy atom. The van der Waals surface area contributed by atoms with Crippen LogP contribution in [0.1, 0.15) is 45.4 Å². The molecule has 3 heteroatoms. The third-order valence-electron chi connectivity index (χ3n) is 4.22. The molecule has 0 aromatic heterocycles. The predicted molar refractivity (Wildman–Crippen MR) is 71.3 cm³/mol. The van der Waals surface area contributed by atoms with Gasteiger partial charge in [0.05, 0.1) is 6.10 Å². The highest BCUT2D eigenvalue weighted by molar-refractivity contribution is 4.77. The average Bonchev–Trinajstić information content (AvgIpc) is 3.01. The van der Waals surface area contributed by atoms with Gasteiger partial charge < -0.3 is 10.1 Å². The van der Waals surface area contributed by atoms with Crippen molar-refractivity contribution in [2.75, 3.05) is 32.8 Å². The Balaban J connectivity index is 1.55. The Labute approximate surface area is 106 Å². The Hall–Kier alpha value is -0.120. The second kappa shape index (κ2) is 7.34. The van der Waals surface area contributed by atoms with Crippen molar-refractivity contribution in [1.82, 2.24) is 10.2 Å². The second-order valence-corrected chi connectivity index (χ2v) is 5.41. The largest absolute Gasteiger partial charge is 0.377 e. The number of ether oxygens (including phenoxy) is 1. The van der Waals surface area contributed by atoms with Crippen LogP contribution in [-0.4, -0.2) is 49.8 Å². The number of nitrogens with zero attached hydrogens (tertiary/aromatic N) is 1. The van der Waals surface area contributed by atoms with Gasteiger partial charge in [0.1, 0.15) is 0 Å². The van der Waals surface area contributed by atoms with Crippen LogP contribution in [0.2, 0.25) is 0 Å². The molecule has 2 fully saturated rings. The first-order valence-corrected chi connectivity index (χ1v) is 7.46. The first-order valence-electron chi connectivity index (χ1n) is 7.46. The summed E-state index contributed by atoms with van der Waals surface area (Å²) in [4.78, 5) is 2.65. The van der Waals surface area contributed by atoms with Crippen molar-refractivity contribution < 1.29 is 4.74 Å². The van der Waals surface area contributed by atoms with Crippen LogP contribution in [0.25, 0.3) is 0 Å². The number of hydrogen-bond acceptors (Lipinski definition) is 3. The fourth-order valence-electron chi connectivity index (χ4n) is 3.16. The van der Waals surface area contributed by atoms with Crippen LogP contribution >= 0.6 is 0 Å². The summed E-state index contributed by atoms with van der Waals surface area (Å²) in [5, 5.41) is 3.55. The number of rotatable bonds is 7. The zero-order chi connectivity index (χ0) is 11.9. The molecule has 2 rings (SSSR count). The topological polar surface area (TPSA) is 24.5 Å². The summed E-state index contributed by atoms with van der Waals surface area (Å²) in [6.07, 6.45) is 8.67. The number of hydrogen-bond donors (Lipinski definition) is 1. The first kappa shape index (κ1) is 13.3. The molecule has 0 amide bonds. The normalized spacial score (nSPS) is 26.1. The van der Waals surface area contributed by atoms with Crippen LogP contribution in [0, 0.1) is 0 Å². The molecule has 0 radical (unpaired) electrons. The summed E-state index contributed by atoms with van der Waals surface area (Å²) in [7, 11) is 0. The van der Waals surface area contributed by atoms with Crippen LogP contribution in [0.5, 0.6) is 0 Å². The smallest absolute Gasteiger partial charge is 0.0700 e. The van der Waals surface area contributed by atoms with Gasteiger partial charge in [-0.2, -0.15) is 0 Å². The summed E-state index contributed by atoms with van der Waals surface area (Å²) in [5.41, 5.74) is 0. The van der Waals surface area contributed by atoms with Crippen LogP contribution < -0.4 is 5.32 Å². The van der Waals surface area contributed by atoms with Crippen molar-refractivity contribution in [2.45, 2.75) is 57.6 Å². The van der Waals surface area contributed by atoms with Gasteiger partial charge in [-0.3, -0.25) is 4.90 Å². The summed E-state index contributed by atoms with van der Waals surface area (Å²) in [5.74, 6) is 0. The Bertz CT molecular complexity index is 198. The third-order valence-corrected chi connectivity index (χ3v) is 4.22. The average molecular weight is 240 g/mol. The number of nitrogens with one attached hydrogen (secondary N) is 1. The number of likely N-dealkylation sites (N-methyl/N-ethyl adjacent to an activating group) is 1. The van der Waals surface area contributed by atoms with Crippen molar-refractivity contribution in [3.8, 4) is 0 Å². The van der Waals surface area contributed by atoms with E-state index < -0.39 is 0 Å².